The minimum atomic E-state index is -0.669. The summed E-state index contributed by atoms with van der Waals surface area (Å²) in [6.45, 7) is 1.47. The van der Waals surface area contributed by atoms with E-state index in [0.717, 1.165) is 0 Å². The second-order valence-electron chi connectivity index (χ2n) is 4.49. The van der Waals surface area contributed by atoms with Gasteiger partial charge in [-0.2, -0.15) is 5.26 Å². The Morgan fingerprint density at radius 2 is 2.05 bits per heavy atom. The summed E-state index contributed by atoms with van der Waals surface area (Å²) in [4.78, 5) is 12.0. The number of benzene rings is 2. The predicted octanol–water partition coefficient (Wildman–Crippen LogP) is 2.95. The molecule has 2 N–H and O–H groups in total. The number of halogens is 1. The van der Waals surface area contributed by atoms with E-state index in [4.69, 9.17) is 15.7 Å². The molecule has 21 heavy (non-hydrogen) atoms. The summed E-state index contributed by atoms with van der Waals surface area (Å²) in [6.07, 6.45) is 0. The van der Waals surface area contributed by atoms with Crippen molar-refractivity contribution in [2.75, 3.05) is 5.73 Å². The van der Waals surface area contributed by atoms with Crippen molar-refractivity contribution in [2.45, 2.75) is 13.5 Å². The van der Waals surface area contributed by atoms with Gasteiger partial charge in [0.2, 0.25) is 0 Å². The van der Waals surface area contributed by atoms with Gasteiger partial charge in [0.25, 0.3) is 0 Å². The average Bonchev–Trinajstić information content (AvgIpc) is 2.48. The Balaban J connectivity index is 2.16. The molecule has 0 aliphatic carbocycles. The second kappa shape index (κ2) is 6.06. The van der Waals surface area contributed by atoms with E-state index in [2.05, 4.69) is 0 Å². The van der Waals surface area contributed by atoms with Crippen LogP contribution >= 0.6 is 0 Å². The van der Waals surface area contributed by atoms with Crippen LogP contribution in [0.5, 0.6) is 0 Å². The fourth-order valence-corrected chi connectivity index (χ4v) is 1.87. The normalized spacial score (nSPS) is 9.95. The summed E-state index contributed by atoms with van der Waals surface area (Å²) in [7, 11) is 0. The van der Waals surface area contributed by atoms with Crippen molar-refractivity contribution in [1.82, 2.24) is 0 Å². The van der Waals surface area contributed by atoms with Gasteiger partial charge < -0.3 is 10.5 Å². The van der Waals surface area contributed by atoms with Crippen LogP contribution in [0.2, 0.25) is 0 Å². The number of carbonyl (C=O) groups excluding carboxylic acids is 1. The molecule has 0 atom stereocenters. The zero-order valence-corrected chi connectivity index (χ0v) is 11.4. The maximum Gasteiger partial charge on any atom is 0.338 e. The van der Waals surface area contributed by atoms with Crippen LogP contribution in [0.3, 0.4) is 0 Å². The summed E-state index contributed by atoms with van der Waals surface area (Å²) < 4.78 is 18.9. The molecule has 0 saturated carbocycles. The molecular weight excluding hydrogens is 271 g/mol. The molecule has 0 aromatic heterocycles. The first kappa shape index (κ1) is 14.5. The molecule has 0 spiro atoms. The van der Waals surface area contributed by atoms with Crippen molar-refractivity contribution < 1.29 is 13.9 Å². The summed E-state index contributed by atoms with van der Waals surface area (Å²) in [5, 5.41) is 8.75. The molecule has 0 amide bonds. The van der Waals surface area contributed by atoms with E-state index >= 15 is 0 Å². The molecular formula is C16H13FN2O2. The number of nitriles is 1. The molecule has 0 fully saturated rings. The van der Waals surface area contributed by atoms with Crippen molar-refractivity contribution in [3.05, 3.63) is 64.5 Å². The highest BCUT2D eigenvalue weighted by atomic mass is 19.1. The lowest BCUT2D eigenvalue weighted by molar-refractivity contribution is 0.0468. The second-order valence-corrected chi connectivity index (χ2v) is 4.49. The van der Waals surface area contributed by atoms with Crippen LogP contribution in [0.4, 0.5) is 10.1 Å². The van der Waals surface area contributed by atoms with Crippen molar-refractivity contribution in [2.24, 2.45) is 0 Å². The third kappa shape index (κ3) is 3.00. The first-order valence-corrected chi connectivity index (χ1v) is 6.24. The van der Waals surface area contributed by atoms with Crippen LogP contribution < -0.4 is 5.73 Å². The highest BCUT2D eigenvalue weighted by molar-refractivity contribution is 5.92. The Morgan fingerprint density at radius 3 is 2.76 bits per heavy atom. The smallest absolute Gasteiger partial charge is 0.338 e. The summed E-state index contributed by atoms with van der Waals surface area (Å²) in [5.41, 5.74) is 7.25. The molecule has 0 heterocycles. The van der Waals surface area contributed by atoms with Crippen molar-refractivity contribution >= 4 is 11.7 Å². The number of hydrogen-bond acceptors (Lipinski definition) is 4. The largest absolute Gasteiger partial charge is 0.457 e. The highest BCUT2D eigenvalue weighted by Gasteiger charge is 2.14. The Labute approximate surface area is 121 Å². The van der Waals surface area contributed by atoms with Gasteiger partial charge in [0, 0.05) is 11.3 Å². The van der Waals surface area contributed by atoms with Crippen LogP contribution in [-0.2, 0) is 11.3 Å². The molecule has 0 saturated heterocycles. The Kier molecular flexibility index (Phi) is 4.19. The molecule has 0 aliphatic rings. The van der Waals surface area contributed by atoms with Gasteiger partial charge >= 0.3 is 5.97 Å². The SMILES string of the molecule is Cc1c(N)cccc1C(=O)OCc1cccc(C#N)c1F. The van der Waals surface area contributed by atoms with Gasteiger partial charge in [0.05, 0.1) is 11.1 Å². The maximum absolute atomic E-state index is 13.8. The number of nitrogen functional groups attached to an aromatic ring is 1. The lowest BCUT2D eigenvalue weighted by atomic mass is 10.1. The fraction of sp³-hybridized carbons (Fsp3) is 0.125. The molecule has 0 bridgehead atoms. The summed E-state index contributed by atoms with van der Waals surface area (Å²) >= 11 is 0. The van der Waals surface area contributed by atoms with E-state index < -0.39 is 11.8 Å². The molecule has 0 unspecified atom stereocenters. The van der Waals surface area contributed by atoms with Gasteiger partial charge in [0.15, 0.2) is 0 Å². The zero-order valence-electron chi connectivity index (χ0n) is 11.4. The topological polar surface area (TPSA) is 76.1 Å². The lowest BCUT2D eigenvalue weighted by Gasteiger charge is -2.09. The molecule has 0 aliphatic heterocycles. The minimum absolute atomic E-state index is 0.0799. The average molecular weight is 284 g/mol. The molecule has 2 aromatic rings. The van der Waals surface area contributed by atoms with Gasteiger partial charge in [-0.15, -0.1) is 0 Å². The summed E-state index contributed by atoms with van der Waals surface area (Å²) in [5.74, 6) is -1.25. The molecule has 106 valence electrons. The number of nitrogens with zero attached hydrogens (tertiary/aromatic N) is 1. The van der Waals surface area contributed by atoms with Crippen molar-refractivity contribution in [1.29, 1.82) is 5.26 Å². The Morgan fingerprint density at radius 1 is 1.33 bits per heavy atom. The molecule has 0 radical (unpaired) electrons. The van der Waals surface area contributed by atoms with Gasteiger partial charge in [-0.25, -0.2) is 9.18 Å². The van der Waals surface area contributed by atoms with E-state index in [1.807, 2.05) is 0 Å². The molecule has 2 rings (SSSR count). The number of hydrogen-bond donors (Lipinski definition) is 1. The van der Waals surface area contributed by atoms with Gasteiger partial charge in [-0.3, -0.25) is 0 Å². The van der Waals surface area contributed by atoms with Gasteiger partial charge in [-0.05, 0) is 30.7 Å². The van der Waals surface area contributed by atoms with E-state index in [-0.39, 0.29) is 17.7 Å². The van der Waals surface area contributed by atoms with Crippen LogP contribution in [0.1, 0.15) is 27.0 Å². The standard InChI is InChI=1S/C16H13FN2O2/c1-10-13(6-3-7-14(10)19)16(20)21-9-12-5-2-4-11(8-18)15(12)17/h2-7H,9,19H2,1H3. The Hall–Kier alpha value is -2.87. The first-order chi connectivity index (χ1) is 10.0. The number of ether oxygens (including phenoxy) is 1. The minimum Gasteiger partial charge on any atom is -0.457 e. The van der Waals surface area contributed by atoms with Crippen LogP contribution in [0.25, 0.3) is 0 Å². The van der Waals surface area contributed by atoms with E-state index in [0.29, 0.717) is 16.8 Å². The van der Waals surface area contributed by atoms with Crippen LogP contribution in [0, 0.1) is 24.1 Å². The maximum atomic E-state index is 13.8. The summed E-state index contributed by atoms with van der Waals surface area (Å²) in [6, 6.07) is 11.0. The third-order valence-electron chi connectivity index (χ3n) is 3.15. The monoisotopic (exact) mass is 284 g/mol. The van der Waals surface area contributed by atoms with Gasteiger partial charge in [-0.1, -0.05) is 18.2 Å². The van der Waals surface area contributed by atoms with Crippen molar-refractivity contribution in [3.63, 3.8) is 0 Å². The molecule has 2 aromatic carbocycles. The number of anilines is 1. The van der Waals surface area contributed by atoms with Crippen molar-refractivity contribution in [3.8, 4) is 6.07 Å². The van der Waals surface area contributed by atoms with E-state index in [1.54, 1.807) is 31.2 Å². The van der Waals surface area contributed by atoms with Crippen LogP contribution in [0.15, 0.2) is 36.4 Å². The highest BCUT2D eigenvalue weighted by Crippen LogP contribution is 2.18. The number of nitrogens with two attached hydrogens (primary N) is 1. The fourth-order valence-electron chi connectivity index (χ4n) is 1.87. The first-order valence-electron chi connectivity index (χ1n) is 6.24. The lowest BCUT2D eigenvalue weighted by Crippen LogP contribution is -2.09. The number of esters is 1. The zero-order chi connectivity index (χ0) is 15.4. The van der Waals surface area contributed by atoms with Gasteiger partial charge in [0.1, 0.15) is 18.5 Å². The molecule has 4 nitrogen and oxygen atoms in total. The molecule has 5 heteroatoms. The predicted molar refractivity (Wildman–Crippen MR) is 75.8 cm³/mol. The van der Waals surface area contributed by atoms with Crippen LogP contribution in [-0.4, -0.2) is 5.97 Å². The number of carbonyl (C=O) groups is 1. The third-order valence-corrected chi connectivity index (χ3v) is 3.15. The van der Waals surface area contributed by atoms with E-state index in [9.17, 15) is 9.18 Å². The quantitative estimate of drug-likeness (QED) is 0.694. The Bertz CT molecular complexity index is 736. The number of rotatable bonds is 3. The van der Waals surface area contributed by atoms with E-state index in [1.165, 1.54) is 18.2 Å².